The van der Waals surface area contributed by atoms with Crippen LogP contribution in [0, 0.1) is 18.6 Å². The second-order valence-electron chi connectivity index (χ2n) is 5.13. The van der Waals surface area contributed by atoms with Crippen molar-refractivity contribution < 1.29 is 8.78 Å². The van der Waals surface area contributed by atoms with Crippen molar-refractivity contribution in [1.82, 2.24) is 0 Å². The highest BCUT2D eigenvalue weighted by molar-refractivity contribution is 5.53. The van der Waals surface area contributed by atoms with Crippen LogP contribution in [0.25, 0.3) is 0 Å². The number of benzene rings is 2. The molecule has 0 saturated heterocycles. The van der Waals surface area contributed by atoms with E-state index in [2.05, 4.69) is 4.90 Å². The zero-order valence-electron chi connectivity index (χ0n) is 12.2. The molecule has 2 aromatic rings. The van der Waals surface area contributed by atoms with Gasteiger partial charge in [-0.3, -0.25) is 0 Å². The van der Waals surface area contributed by atoms with Crippen LogP contribution in [0.5, 0.6) is 0 Å². The van der Waals surface area contributed by atoms with Gasteiger partial charge in [-0.1, -0.05) is 18.2 Å². The highest BCUT2D eigenvalue weighted by Crippen LogP contribution is 2.22. The molecule has 4 heteroatoms. The SMILES string of the molecule is Cc1ccccc1N(CCCN)Cc1cc(F)cc(F)c1. The molecule has 2 rings (SSSR count). The van der Waals surface area contributed by atoms with Crippen molar-refractivity contribution in [2.45, 2.75) is 19.9 Å². The number of nitrogens with two attached hydrogens (primary N) is 1. The zero-order valence-corrected chi connectivity index (χ0v) is 12.2. The van der Waals surface area contributed by atoms with Crippen LogP contribution in [-0.4, -0.2) is 13.1 Å². The van der Waals surface area contributed by atoms with E-state index in [-0.39, 0.29) is 0 Å². The Balaban J connectivity index is 2.26. The summed E-state index contributed by atoms with van der Waals surface area (Å²) in [4.78, 5) is 2.11. The molecular weight excluding hydrogens is 270 g/mol. The lowest BCUT2D eigenvalue weighted by Gasteiger charge is -2.26. The van der Waals surface area contributed by atoms with Crippen molar-refractivity contribution in [3.8, 4) is 0 Å². The summed E-state index contributed by atoms with van der Waals surface area (Å²) in [6, 6.07) is 11.6. The minimum Gasteiger partial charge on any atom is -0.367 e. The molecule has 0 bridgehead atoms. The van der Waals surface area contributed by atoms with Gasteiger partial charge in [0, 0.05) is 24.8 Å². The fourth-order valence-electron chi connectivity index (χ4n) is 2.41. The largest absolute Gasteiger partial charge is 0.367 e. The Hall–Kier alpha value is -1.94. The van der Waals surface area contributed by atoms with E-state index in [1.54, 1.807) is 0 Å². The first kappa shape index (κ1) is 15.4. The molecule has 0 spiro atoms. The summed E-state index contributed by atoms with van der Waals surface area (Å²) >= 11 is 0. The lowest BCUT2D eigenvalue weighted by molar-refractivity contribution is 0.578. The average molecular weight is 290 g/mol. The summed E-state index contributed by atoms with van der Waals surface area (Å²) < 4.78 is 26.7. The molecule has 0 atom stereocenters. The number of para-hydroxylation sites is 1. The van der Waals surface area contributed by atoms with Crippen molar-refractivity contribution in [3.05, 3.63) is 65.2 Å². The van der Waals surface area contributed by atoms with E-state index in [0.29, 0.717) is 18.7 Å². The Bertz CT molecular complexity index is 579. The van der Waals surface area contributed by atoms with Gasteiger partial charge in [0.2, 0.25) is 0 Å². The molecule has 0 unspecified atom stereocenters. The Morgan fingerprint density at radius 3 is 2.33 bits per heavy atom. The Morgan fingerprint density at radius 1 is 1.05 bits per heavy atom. The maximum atomic E-state index is 13.3. The minimum absolute atomic E-state index is 0.458. The minimum atomic E-state index is -0.548. The van der Waals surface area contributed by atoms with Gasteiger partial charge in [0.15, 0.2) is 0 Å². The molecule has 2 aromatic carbocycles. The molecule has 0 radical (unpaired) electrons. The molecule has 0 aliphatic carbocycles. The molecule has 21 heavy (non-hydrogen) atoms. The fraction of sp³-hybridized carbons (Fsp3) is 0.294. The van der Waals surface area contributed by atoms with E-state index in [9.17, 15) is 8.78 Å². The van der Waals surface area contributed by atoms with Gasteiger partial charge < -0.3 is 10.6 Å². The third-order valence-corrected chi connectivity index (χ3v) is 3.38. The molecule has 0 heterocycles. The molecule has 2 nitrogen and oxygen atoms in total. The quantitative estimate of drug-likeness (QED) is 0.880. The highest BCUT2D eigenvalue weighted by atomic mass is 19.1. The predicted molar refractivity (Wildman–Crippen MR) is 82.3 cm³/mol. The number of aryl methyl sites for hydroxylation is 1. The first-order valence-corrected chi connectivity index (χ1v) is 7.06. The van der Waals surface area contributed by atoms with Crippen molar-refractivity contribution >= 4 is 5.69 Å². The van der Waals surface area contributed by atoms with Crippen molar-refractivity contribution in [2.24, 2.45) is 5.73 Å². The third kappa shape index (κ3) is 4.26. The lowest BCUT2D eigenvalue weighted by atomic mass is 10.1. The van der Waals surface area contributed by atoms with Gasteiger partial charge in [-0.2, -0.15) is 0 Å². The van der Waals surface area contributed by atoms with E-state index in [0.717, 1.165) is 30.3 Å². The summed E-state index contributed by atoms with van der Waals surface area (Å²) in [5, 5.41) is 0. The van der Waals surface area contributed by atoms with Crippen molar-refractivity contribution in [3.63, 3.8) is 0 Å². The van der Waals surface area contributed by atoms with E-state index in [4.69, 9.17) is 5.73 Å². The molecule has 112 valence electrons. The topological polar surface area (TPSA) is 29.3 Å². The zero-order chi connectivity index (χ0) is 15.2. The van der Waals surface area contributed by atoms with Gasteiger partial charge in [0.05, 0.1) is 0 Å². The van der Waals surface area contributed by atoms with E-state index >= 15 is 0 Å². The lowest BCUT2D eigenvalue weighted by Crippen LogP contribution is -2.26. The van der Waals surface area contributed by atoms with E-state index < -0.39 is 11.6 Å². The number of hydrogen-bond acceptors (Lipinski definition) is 2. The third-order valence-electron chi connectivity index (χ3n) is 3.38. The molecule has 0 saturated carbocycles. The second kappa shape index (κ2) is 7.18. The van der Waals surface area contributed by atoms with Gasteiger partial charge >= 0.3 is 0 Å². The average Bonchev–Trinajstić information content (AvgIpc) is 2.43. The van der Waals surface area contributed by atoms with Gasteiger partial charge in [-0.05, 0) is 49.2 Å². The summed E-state index contributed by atoms with van der Waals surface area (Å²) in [6.07, 6.45) is 0.826. The summed E-state index contributed by atoms with van der Waals surface area (Å²) in [5.41, 5.74) is 8.40. The Labute approximate surface area is 124 Å². The molecule has 2 N–H and O–H groups in total. The monoisotopic (exact) mass is 290 g/mol. The maximum absolute atomic E-state index is 13.3. The molecule has 0 aromatic heterocycles. The van der Waals surface area contributed by atoms with Crippen LogP contribution in [0.3, 0.4) is 0 Å². The molecule has 0 aliphatic heterocycles. The second-order valence-corrected chi connectivity index (χ2v) is 5.13. The molecule has 0 aliphatic rings. The van der Waals surface area contributed by atoms with Crippen LogP contribution in [0.1, 0.15) is 17.5 Å². The maximum Gasteiger partial charge on any atom is 0.126 e. The molecule has 0 amide bonds. The van der Waals surface area contributed by atoms with Crippen LogP contribution < -0.4 is 10.6 Å². The first-order chi connectivity index (χ1) is 10.1. The van der Waals surface area contributed by atoms with Crippen LogP contribution in [0.2, 0.25) is 0 Å². The Kier molecular flexibility index (Phi) is 5.28. The number of rotatable bonds is 6. The van der Waals surface area contributed by atoms with Gasteiger partial charge in [-0.25, -0.2) is 8.78 Å². The highest BCUT2D eigenvalue weighted by Gasteiger charge is 2.11. The van der Waals surface area contributed by atoms with Crippen LogP contribution >= 0.6 is 0 Å². The standard InChI is InChI=1S/C17H20F2N2/c1-13-5-2-3-6-17(13)21(8-4-7-20)12-14-9-15(18)11-16(19)10-14/h2-3,5-6,9-11H,4,7-8,12,20H2,1H3. The van der Waals surface area contributed by atoms with Crippen molar-refractivity contribution in [2.75, 3.05) is 18.0 Å². The smallest absolute Gasteiger partial charge is 0.126 e. The van der Waals surface area contributed by atoms with Crippen molar-refractivity contribution in [1.29, 1.82) is 0 Å². The first-order valence-electron chi connectivity index (χ1n) is 7.06. The number of halogens is 2. The summed E-state index contributed by atoms with van der Waals surface area (Å²) in [7, 11) is 0. The number of anilines is 1. The fourth-order valence-corrected chi connectivity index (χ4v) is 2.41. The molecule has 0 fully saturated rings. The number of hydrogen-bond donors (Lipinski definition) is 1. The molecular formula is C17H20F2N2. The van der Waals surface area contributed by atoms with Crippen LogP contribution in [-0.2, 0) is 6.54 Å². The number of nitrogens with zero attached hydrogens (tertiary/aromatic N) is 1. The van der Waals surface area contributed by atoms with E-state index in [1.807, 2.05) is 31.2 Å². The predicted octanol–water partition coefficient (Wildman–Crippen LogP) is 3.63. The van der Waals surface area contributed by atoms with Crippen LogP contribution in [0.4, 0.5) is 14.5 Å². The van der Waals surface area contributed by atoms with Gasteiger partial charge in [-0.15, -0.1) is 0 Å². The van der Waals surface area contributed by atoms with E-state index in [1.165, 1.54) is 12.1 Å². The summed E-state index contributed by atoms with van der Waals surface area (Å²) in [5.74, 6) is -1.10. The normalized spacial score (nSPS) is 10.7. The van der Waals surface area contributed by atoms with Gasteiger partial charge in [0.25, 0.3) is 0 Å². The van der Waals surface area contributed by atoms with Gasteiger partial charge in [0.1, 0.15) is 11.6 Å². The Morgan fingerprint density at radius 2 is 1.71 bits per heavy atom. The van der Waals surface area contributed by atoms with Crippen LogP contribution in [0.15, 0.2) is 42.5 Å². The summed E-state index contributed by atoms with van der Waals surface area (Å²) in [6.45, 7) is 3.82.